The molecular weight excluding hydrogens is 278 g/mol. The van der Waals surface area contributed by atoms with E-state index in [9.17, 15) is 9.90 Å². The molecule has 1 aromatic heterocycles. The van der Waals surface area contributed by atoms with Crippen LogP contribution in [0.2, 0.25) is 0 Å². The van der Waals surface area contributed by atoms with Gasteiger partial charge < -0.3 is 23.9 Å². The lowest BCUT2D eigenvalue weighted by Crippen LogP contribution is -2.07. The summed E-state index contributed by atoms with van der Waals surface area (Å²) in [5, 5.41) is 17.1. The minimum atomic E-state index is -1.10. The van der Waals surface area contributed by atoms with Crippen LogP contribution in [0, 0.1) is 6.92 Å². The molecule has 0 atom stereocenters. The van der Waals surface area contributed by atoms with Gasteiger partial charge in [-0.1, -0.05) is 0 Å². The van der Waals surface area contributed by atoms with Gasteiger partial charge >= 0.3 is 5.97 Å². The van der Waals surface area contributed by atoms with Crippen molar-refractivity contribution in [2.24, 2.45) is 7.05 Å². The van der Waals surface area contributed by atoms with Crippen molar-refractivity contribution in [1.29, 1.82) is 0 Å². The molecule has 0 amide bonds. The van der Waals surface area contributed by atoms with Crippen molar-refractivity contribution in [2.75, 3.05) is 6.79 Å². The van der Waals surface area contributed by atoms with E-state index in [2.05, 4.69) is 10.2 Å². The maximum atomic E-state index is 11.3. The van der Waals surface area contributed by atoms with Gasteiger partial charge in [0.25, 0.3) is 0 Å². The minimum Gasteiger partial charge on any atom is -0.485 e. The van der Waals surface area contributed by atoms with Gasteiger partial charge in [0.05, 0.1) is 0 Å². The zero-order valence-corrected chi connectivity index (χ0v) is 11.5. The average Bonchev–Trinajstić information content (AvgIpc) is 3.03. The first-order valence-corrected chi connectivity index (χ1v) is 6.21. The van der Waals surface area contributed by atoms with Crippen LogP contribution in [-0.4, -0.2) is 32.6 Å². The zero-order chi connectivity index (χ0) is 15.0. The Labute approximate surface area is 119 Å². The van der Waals surface area contributed by atoms with E-state index < -0.39 is 5.97 Å². The summed E-state index contributed by atoms with van der Waals surface area (Å²) in [6.45, 7) is 2.00. The number of carbonyl (C=O) groups is 1. The van der Waals surface area contributed by atoms with E-state index in [0.29, 0.717) is 17.3 Å². The molecule has 0 spiro atoms. The highest BCUT2D eigenvalue weighted by Crippen LogP contribution is 2.38. The molecule has 1 aliphatic heterocycles. The largest absolute Gasteiger partial charge is 0.485 e. The first-order chi connectivity index (χ1) is 10.1. The summed E-state index contributed by atoms with van der Waals surface area (Å²) in [5.41, 5.74) is 0.0122. The molecule has 21 heavy (non-hydrogen) atoms. The highest BCUT2D eigenvalue weighted by atomic mass is 16.7. The monoisotopic (exact) mass is 291 g/mol. The number of aromatic carboxylic acids is 1. The molecule has 1 aromatic carbocycles. The molecule has 0 radical (unpaired) electrons. The fourth-order valence-electron chi connectivity index (χ4n) is 1.93. The van der Waals surface area contributed by atoms with Gasteiger partial charge in [-0.2, -0.15) is 0 Å². The summed E-state index contributed by atoms with van der Waals surface area (Å²) >= 11 is 0. The molecule has 0 bridgehead atoms. The lowest BCUT2D eigenvalue weighted by Gasteiger charge is -2.10. The fourth-order valence-corrected chi connectivity index (χ4v) is 1.93. The van der Waals surface area contributed by atoms with E-state index >= 15 is 0 Å². The Hall–Kier alpha value is -2.77. The smallest absolute Gasteiger partial charge is 0.339 e. The minimum absolute atomic E-state index is 0.0122. The number of rotatable bonds is 4. The number of carboxylic acid groups (broad SMARTS) is 1. The van der Waals surface area contributed by atoms with Crippen LogP contribution in [0.15, 0.2) is 12.1 Å². The van der Waals surface area contributed by atoms with E-state index in [1.165, 1.54) is 12.1 Å². The van der Waals surface area contributed by atoms with Crippen LogP contribution in [0.4, 0.5) is 0 Å². The predicted octanol–water partition coefficient (Wildman–Crippen LogP) is 1.13. The lowest BCUT2D eigenvalue weighted by atomic mass is 10.2. The number of aromatic nitrogens is 3. The molecule has 0 fully saturated rings. The summed E-state index contributed by atoms with van der Waals surface area (Å²) in [4.78, 5) is 11.3. The summed E-state index contributed by atoms with van der Waals surface area (Å²) < 4.78 is 17.7. The molecule has 2 heterocycles. The Morgan fingerprint density at radius 1 is 1.38 bits per heavy atom. The normalized spacial score (nSPS) is 12.5. The summed E-state index contributed by atoms with van der Waals surface area (Å²) in [7, 11) is 1.81. The van der Waals surface area contributed by atoms with Gasteiger partial charge in [-0.25, -0.2) is 4.79 Å². The lowest BCUT2D eigenvalue weighted by molar-refractivity contribution is 0.0691. The third-order valence-electron chi connectivity index (χ3n) is 3.24. The average molecular weight is 291 g/mol. The van der Waals surface area contributed by atoms with Crippen LogP contribution in [0.5, 0.6) is 17.2 Å². The van der Waals surface area contributed by atoms with E-state index in [0.717, 1.165) is 5.82 Å². The second kappa shape index (κ2) is 4.97. The highest BCUT2D eigenvalue weighted by Gasteiger charge is 2.22. The molecule has 8 heteroatoms. The summed E-state index contributed by atoms with van der Waals surface area (Å²) in [6.07, 6.45) is 0. The Balaban J connectivity index is 1.87. The molecular formula is C13H13N3O5. The van der Waals surface area contributed by atoms with Crippen molar-refractivity contribution < 1.29 is 24.1 Å². The molecule has 1 N–H and O–H groups in total. The van der Waals surface area contributed by atoms with Crippen LogP contribution in [0.1, 0.15) is 22.0 Å². The predicted molar refractivity (Wildman–Crippen MR) is 69.6 cm³/mol. The van der Waals surface area contributed by atoms with Gasteiger partial charge in [-0.3, -0.25) is 0 Å². The number of ether oxygens (including phenoxy) is 3. The van der Waals surface area contributed by atoms with Gasteiger partial charge in [-0.05, 0) is 6.92 Å². The number of carboxylic acids is 1. The molecule has 110 valence electrons. The van der Waals surface area contributed by atoms with Crippen molar-refractivity contribution >= 4 is 5.97 Å². The third kappa shape index (κ3) is 2.35. The molecule has 0 saturated heterocycles. The van der Waals surface area contributed by atoms with Crippen LogP contribution in [0.25, 0.3) is 0 Å². The molecule has 0 unspecified atom stereocenters. The van der Waals surface area contributed by atoms with Crippen molar-refractivity contribution in [2.45, 2.75) is 13.5 Å². The summed E-state index contributed by atoms with van der Waals surface area (Å²) in [5.74, 6) is 1.31. The first kappa shape index (κ1) is 13.2. The van der Waals surface area contributed by atoms with Gasteiger partial charge in [0.2, 0.25) is 6.79 Å². The Morgan fingerprint density at radius 3 is 2.71 bits per heavy atom. The van der Waals surface area contributed by atoms with E-state index in [4.69, 9.17) is 14.2 Å². The maximum absolute atomic E-state index is 11.3. The Bertz CT molecular complexity index is 710. The number of hydrogen-bond acceptors (Lipinski definition) is 6. The van der Waals surface area contributed by atoms with E-state index in [1.807, 2.05) is 14.0 Å². The molecule has 2 aromatic rings. The molecule has 0 saturated carbocycles. The van der Waals surface area contributed by atoms with Gasteiger partial charge in [0.15, 0.2) is 17.3 Å². The van der Waals surface area contributed by atoms with Gasteiger partial charge in [-0.15, -0.1) is 10.2 Å². The SMILES string of the molecule is Cc1nnc(COc2cc3c(cc2C(=O)O)OCO3)n1C. The quantitative estimate of drug-likeness (QED) is 0.902. The molecule has 8 nitrogen and oxygen atoms in total. The third-order valence-corrected chi connectivity index (χ3v) is 3.24. The van der Waals surface area contributed by atoms with Crippen molar-refractivity contribution in [3.05, 3.63) is 29.3 Å². The number of benzene rings is 1. The van der Waals surface area contributed by atoms with Crippen molar-refractivity contribution in [3.8, 4) is 17.2 Å². The topological polar surface area (TPSA) is 95.7 Å². The highest BCUT2D eigenvalue weighted by molar-refractivity contribution is 5.92. The Kier molecular flexibility index (Phi) is 3.13. The van der Waals surface area contributed by atoms with E-state index in [-0.39, 0.29) is 24.7 Å². The Morgan fingerprint density at radius 2 is 2.10 bits per heavy atom. The second-order valence-corrected chi connectivity index (χ2v) is 4.52. The van der Waals surface area contributed by atoms with Gasteiger partial charge in [0.1, 0.15) is 23.7 Å². The number of aryl methyl sites for hydroxylation is 1. The van der Waals surface area contributed by atoms with Gasteiger partial charge in [0, 0.05) is 19.2 Å². The second-order valence-electron chi connectivity index (χ2n) is 4.52. The van der Waals surface area contributed by atoms with E-state index in [1.54, 1.807) is 4.57 Å². The van der Waals surface area contributed by atoms with Crippen molar-refractivity contribution in [1.82, 2.24) is 14.8 Å². The number of nitrogens with zero attached hydrogens (tertiary/aromatic N) is 3. The number of fused-ring (bicyclic) bond motifs is 1. The van der Waals surface area contributed by atoms with Crippen LogP contribution < -0.4 is 14.2 Å². The maximum Gasteiger partial charge on any atom is 0.339 e. The van der Waals surface area contributed by atoms with Crippen LogP contribution >= 0.6 is 0 Å². The van der Waals surface area contributed by atoms with Crippen LogP contribution in [0.3, 0.4) is 0 Å². The first-order valence-electron chi connectivity index (χ1n) is 6.21. The summed E-state index contributed by atoms with van der Waals surface area (Å²) in [6, 6.07) is 2.90. The van der Waals surface area contributed by atoms with Crippen molar-refractivity contribution in [3.63, 3.8) is 0 Å². The fraction of sp³-hybridized carbons (Fsp3) is 0.308. The number of hydrogen-bond donors (Lipinski definition) is 1. The zero-order valence-electron chi connectivity index (χ0n) is 11.5. The molecule has 1 aliphatic rings. The molecule has 0 aliphatic carbocycles. The van der Waals surface area contributed by atoms with Crippen LogP contribution in [-0.2, 0) is 13.7 Å². The molecule has 3 rings (SSSR count). The standard InChI is InChI=1S/C13H13N3O5/c1-7-14-15-12(16(7)2)5-19-9-4-11-10(20-6-21-11)3-8(9)13(17)18/h3-4H,5-6H2,1-2H3,(H,17,18).